The van der Waals surface area contributed by atoms with E-state index in [0.29, 0.717) is 12.8 Å². The number of unbranched alkanes of at least 4 members (excludes halogenated alkanes) is 13. The van der Waals surface area contributed by atoms with Crippen LogP contribution in [-0.4, -0.2) is 193 Å². The van der Waals surface area contributed by atoms with E-state index in [1.807, 2.05) is 0 Å². The van der Waals surface area contributed by atoms with Crippen molar-refractivity contribution in [2.45, 2.75) is 266 Å². The number of carbonyl (C=O) groups is 1. The minimum absolute atomic E-state index is 0.244. The van der Waals surface area contributed by atoms with Crippen molar-refractivity contribution < 1.29 is 89.4 Å². The van der Waals surface area contributed by atoms with Crippen LogP contribution in [0.2, 0.25) is 0 Å². The number of allylic oxidation sites excluding steroid dienone is 12. The van der Waals surface area contributed by atoms with Gasteiger partial charge in [0.25, 0.3) is 0 Å². The van der Waals surface area contributed by atoms with Gasteiger partial charge in [0.15, 0.2) is 18.9 Å². The van der Waals surface area contributed by atoms with Crippen LogP contribution < -0.4 is 5.32 Å². The zero-order valence-corrected chi connectivity index (χ0v) is 46.6. The summed E-state index contributed by atoms with van der Waals surface area (Å²) in [4.78, 5) is 13.3. The lowest BCUT2D eigenvalue weighted by atomic mass is 9.96. The lowest BCUT2D eigenvalue weighted by molar-refractivity contribution is -0.379. The normalized spacial score (nSPS) is 31.0. The van der Waals surface area contributed by atoms with Gasteiger partial charge in [-0.05, 0) is 64.2 Å². The van der Waals surface area contributed by atoms with Crippen molar-refractivity contribution in [1.29, 1.82) is 0 Å². The lowest BCUT2D eigenvalue weighted by Crippen LogP contribution is -2.66. The second-order valence-corrected chi connectivity index (χ2v) is 20.7. The van der Waals surface area contributed by atoms with Crippen LogP contribution >= 0.6 is 0 Å². The van der Waals surface area contributed by atoms with E-state index < -0.39 is 124 Å². The predicted octanol–water partition coefficient (Wildman–Crippen LogP) is 4.65. The fourth-order valence-corrected chi connectivity index (χ4v) is 9.49. The highest BCUT2D eigenvalue weighted by molar-refractivity contribution is 5.76. The molecule has 19 heteroatoms. The standard InChI is InChI=1S/C59H101NO18/c1-3-5-7-9-11-13-14-15-16-17-18-19-20-21-22-23-24-25-26-27-28-29-31-33-35-37-47(65)60-42(43(64)36-34-32-30-12-10-8-6-4-2)41-73-57-53(71)50(68)55(45(39-62)75-57)78-59-54(72)51(69)56(46(40-63)76-59)77-58-52(70)49(67)48(66)44(38-61)74-58/h5,7,11,13,15-16,18-19,21-22,24-25,42-46,48-59,61-64,66-72H,3-4,6,8-10,12,14,17,20,23,26-41H2,1-2H3,(H,60,65)/b7-5-,13-11-,16-15-,19-18-,22-21-,25-24-. The summed E-state index contributed by atoms with van der Waals surface area (Å²) in [6.07, 6.45) is 21.6. The van der Waals surface area contributed by atoms with E-state index >= 15 is 0 Å². The zero-order valence-electron chi connectivity index (χ0n) is 46.6. The molecule has 0 aromatic heterocycles. The maximum absolute atomic E-state index is 13.3. The Labute approximate surface area is 464 Å². The van der Waals surface area contributed by atoms with Crippen LogP contribution in [0.5, 0.6) is 0 Å². The van der Waals surface area contributed by atoms with Gasteiger partial charge < -0.3 is 89.9 Å². The van der Waals surface area contributed by atoms with Crippen LogP contribution in [-0.2, 0) is 33.2 Å². The first kappa shape index (κ1) is 69.5. The molecule has 0 aromatic carbocycles. The predicted molar refractivity (Wildman–Crippen MR) is 295 cm³/mol. The summed E-state index contributed by atoms with van der Waals surface area (Å²) in [6, 6.07) is -0.897. The van der Waals surface area contributed by atoms with Gasteiger partial charge in [-0.3, -0.25) is 4.79 Å². The fourth-order valence-electron chi connectivity index (χ4n) is 9.49. The summed E-state index contributed by atoms with van der Waals surface area (Å²) in [7, 11) is 0. The monoisotopic (exact) mass is 1110 g/mol. The molecule has 0 spiro atoms. The van der Waals surface area contributed by atoms with Crippen LogP contribution in [0.1, 0.15) is 162 Å². The van der Waals surface area contributed by atoms with Crippen molar-refractivity contribution in [3.63, 3.8) is 0 Å². The lowest BCUT2D eigenvalue weighted by Gasteiger charge is -2.48. The van der Waals surface area contributed by atoms with E-state index in [0.717, 1.165) is 109 Å². The molecule has 0 bridgehead atoms. The molecule has 0 aromatic rings. The molecule has 3 saturated heterocycles. The number of ether oxygens (including phenoxy) is 6. The van der Waals surface area contributed by atoms with Crippen LogP contribution in [0.4, 0.5) is 0 Å². The number of amides is 1. The fraction of sp³-hybridized carbons (Fsp3) is 0.780. The van der Waals surface area contributed by atoms with Gasteiger partial charge >= 0.3 is 0 Å². The number of hydrogen-bond donors (Lipinski definition) is 12. The smallest absolute Gasteiger partial charge is 0.220 e. The number of aliphatic hydroxyl groups is 11. The molecule has 0 saturated carbocycles. The Hall–Kier alpha value is -2.77. The van der Waals surface area contributed by atoms with E-state index in [9.17, 15) is 61.0 Å². The third-order valence-corrected chi connectivity index (χ3v) is 14.3. The van der Waals surface area contributed by atoms with Gasteiger partial charge in [0.1, 0.15) is 73.2 Å². The van der Waals surface area contributed by atoms with Crippen molar-refractivity contribution in [1.82, 2.24) is 5.32 Å². The number of carbonyl (C=O) groups excluding carboxylic acids is 1. The molecule has 3 rings (SSSR count). The van der Waals surface area contributed by atoms with Gasteiger partial charge in [-0.15, -0.1) is 0 Å². The summed E-state index contributed by atoms with van der Waals surface area (Å²) in [5, 5.41) is 120. The minimum atomic E-state index is -1.98. The average molecular weight is 1110 g/mol. The van der Waals surface area contributed by atoms with E-state index in [-0.39, 0.29) is 18.9 Å². The number of aliphatic hydroxyl groups excluding tert-OH is 11. The van der Waals surface area contributed by atoms with E-state index in [1.54, 1.807) is 0 Å². The molecule has 17 unspecified atom stereocenters. The molecular weight excluding hydrogens is 1010 g/mol. The van der Waals surface area contributed by atoms with E-state index in [2.05, 4.69) is 92.1 Å². The Morgan fingerprint density at radius 2 is 0.885 bits per heavy atom. The highest BCUT2D eigenvalue weighted by atomic mass is 16.8. The SMILES string of the molecule is CC/C=C\C/C=C\C/C=C\C/C=C\C/C=C\C/C=C\CCCCCCCCC(=O)NC(COC1OC(CO)C(OC2OC(CO)C(OC3OC(CO)C(O)C(O)C3O)C(O)C2O)C(O)C1O)C(O)CCCCCCCCCC. The van der Waals surface area contributed by atoms with Crippen LogP contribution in [0.15, 0.2) is 72.9 Å². The molecule has 3 aliphatic rings. The second-order valence-electron chi connectivity index (χ2n) is 20.7. The Kier molecular flexibility index (Phi) is 37.5. The van der Waals surface area contributed by atoms with Crippen molar-refractivity contribution in [2.75, 3.05) is 26.4 Å². The van der Waals surface area contributed by atoms with Gasteiger partial charge in [-0.2, -0.15) is 0 Å². The zero-order chi connectivity index (χ0) is 56.9. The van der Waals surface area contributed by atoms with Gasteiger partial charge in [0.05, 0.1) is 38.6 Å². The summed E-state index contributed by atoms with van der Waals surface area (Å²) < 4.78 is 34.2. The summed E-state index contributed by atoms with van der Waals surface area (Å²) in [5.41, 5.74) is 0. The maximum atomic E-state index is 13.3. The Morgan fingerprint density at radius 3 is 1.38 bits per heavy atom. The first-order chi connectivity index (χ1) is 37.8. The Balaban J connectivity index is 1.44. The highest BCUT2D eigenvalue weighted by Gasteiger charge is 2.53. The molecule has 3 heterocycles. The first-order valence-electron chi connectivity index (χ1n) is 29.2. The number of nitrogens with one attached hydrogen (secondary N) is 1. The summed E-state index contributed by atoms with van der Waals surface area (Å²) >= 11 is 0. The molecule has 0 aliphatic carbocycles. The summed E-state index contributed by atoms with van der Waals surface area (Å²) in [5.74, 6) is -0.265. The minimum Gasteiger partial charge on any atom is -0.394 e. The Morgan fingerprint density at radius 1 is 0.474 bits per heavy atom. The van der Waals surface area contributed by atoms with Crippen molar-refractivity contribution in [3.8, 4) is 0 Å². The van der Waals surface area contributed by atoms with Gasteiger partial charge in [-0.1, -0.05) is 164 Å². The number of rotatable bonds is 41. The first-order valence-corrected chi connectivity index (χ1v) is 29.2. The van der Waals surface area contributed by atoms with Gasteiger partial charge in [0.2, 0.25) is 5.91 Å². The van der Waals surface area contributed by atoms with Crippen LogP contribution in [0, 0.1) is 0 Å². The largest absolute Gasteiger partial charge is 0.394 e. The Bertz CT molecular complexity index is 1710. The average Bonchev–Trinajstić information content (AvgIpc) is 3.48. The van der Waals surface area contributed by atoms with E-state index in [4.69, 9.17) is 28.4 Å². The summed E-state index contributed by atoms with van der Waals surface area (Å²) in [6.45, 7) is 1.58. The maximum Gasteiger partial charge on any atom is 0.220 e. The third-order valence-electron chi connectivity index (χ3n) is 14.3. The topological polar surface area (TPSA) is 307 Å². The van der Waals surface area contributed by atoms with E-state index in [1.165, 1.54) is 19.3 Å². The van der Waals surface area contributed by atoms with Crippen LogP contribution in [0.25, 0.3) is 0 Å². The molecule has 19 nitrogen and oxygen atoms in total. The van der Waals surface area contributed by atoms with Crippen molar-refractivity contribution in [3.05, 3.63) is 72.9 Å². The molecule has 1 amide bonds. The van der Waals surface area contributed by atoms with Gasteiger partial charge in [-0.25, -0.2) is 0 Å². The van der Waals surface area contributed by atoms with Crippen molar-refractivity contribution in [2.24, 2.45) is 0 Å². The number of hydrogen-bond acceptors (Lipinski definition) is 18. The molecule has 450 valence electrons. The third kappa shape index (κ3) is 26.0. The molecule has 78 heavy (non-hydrogen) atoms. The second kappa shape index (κ2) is 42.1. The quantitative estimate of drug-likeness (QED) is 0.0293. The molecular formula is C59H101NO18. The molecule has 17 atom stereocenters. The van der Waals surface area contributed by atoms with Crippen LogP contribution in [0.3, 0.4) is 0 Å². The molecule has 3 aliphatic heterocycles. The highest BCUT2D eigenvalue weighted by Crippen LogP contribution is 2.33. The molecule has 3 fully saturated rings. The van der Waals surface area contributed by atoms with Gasteiger partial charge in [0, 0.05) is 6.42 Å². The molecule has 12 N–H and O–H groups in total. The van der Waals surface area contributed by atoms with Crippen molar-refractivity contribution >= 4 is 5.91 Å². The molecule has 0 radical (unpaired) electrons.